The van der Waals surface area contributed by atoms with E-state index in [1.54, 1.807) is 0 Å². The molecule has 0 aliphatic carbocycles. The summed E-state index contributed by atoms with van der Waals surface area (Å²) in [6.45, 7) is 12.8. The van der Waals surface area contributed by atoms with Crippen LogP contribution in [0.1, 0.15) is 64.6 Å². The van der Waals surface area contributed by atoms with Gasteiger partial charge in [0.05, 0.1) is 17.2 Å². The molecule has 0 radical (unpaired) electrons. The van der Waals surface area contributed by atoms with Gasteiger partial charge in [-0.2, -0.15) is 0 Å². The van der Waals surface area contributed by atoms with E-state index in [4.69, 9.17) is 4.65 Å². The third kappa shape index (κ3) is 4.61. The summed E-state index contributed by atoms with van der Waals surface area (Å²) in [6, 6.07) is 12.1. The molecule has 2 nitrogen and oxygen atoms in total. The topological polar surface area (TPSA) is 21.6 Å². The Hall–Kier alpha value is -2.01. The zero-order valence-corrected chi connectivity index (χ0v) is 18.2. The van der Waals surface area contributed by atoms with E-state index < -0.39 is 11.6 Å². The van der Waals surface area contributed by atoms with Gasteiger partial charge in [0.2, 0.25) is 0 Å². The predicted molar refractivity (Wildman–Crippen MR) is 117 cm³/mol. The molecule has 0 N–H and O–H groups in total. The molecule has 3 rings (SSSR count). The molecule has 0 spiro atoms. The highest BCUT2D eigenvalue weighted by Crippen LogP contribution is 2.34. The third-order valence-corrected chi connectivity index (χ3v) is 6.29. The first-order valence-electron chi connectivity index (χ1n) is 10.3. The first-order chi connectivity index (χ1) is 13.5. The molecule has 1 atom stereocenters. The lowest BCUT2D eigenvalue weighted by Crippen LogP contribution is -2.46. The molecule has 1 aliphatic rings. The van der Waals surface area contributed by atoms with Crippen molar-refractivity contribution < 1.29 is 13.4 Å². The summed E-state index contributed by atoms with van der Waals surface area (Å²) >= 11 is 0. The molecule has 0 bridgehead atoms. The minimum atomic E-state index is -0.549. The highest BCUT2D eigenvalue weighted by Gasteiger charge is 2.36. The van der Waals surface area contributed by atoms with Crippen LogP contribution in [0.4, 0.5) is 8.78 Å². The molecular weight excluding hydrogens is 367 g/mol. The Kier molecular flexibility index (Phi) is 6.00. The van der Waals surface area contributed by atoms with Crippen LogP contribution in [0, 0.1) is 17.0 Å². The van der Waals surface area contributed by atoms with E-state index in [0.29, 0.717) is 12.1 Å². The van der Waals surface area contributed by atoms with Gasteiger partial charge in [0, 0.05) is 5.71 Å². The Labute approximate surface area is 173 Å². The van der Waals surface area contributed by atoms with Crippen LogP contribution >= 0.6 is 0 Å². The van der Waals surface area contributed by atoms with Crippen molar-refractivity contribution in [1.82, 2.24) is 0 Å². The molecule has 0 amide bonds. The zero-order valence-electron chi connectivity index (χ0n) is 18.2. The maximum Gasteiger partial charge on any atom is 0.324 e. The van der Waals surface area contributed by atoms with Crippen molar-refractivity contribution in [3.63, 3.8) is 0 Å². The number of halogens is 2. The van der Waals surface area contributed by atoms with E-state index in [1.807, 2.05) is 12.1 Å². The van der Waals surface area contributed by atoms with Crippen molar-refractivity contribution in [3.8, 4) is 0 Å². The summed E-state index contributed by atoms with van der Waals surface area (Å²) in [4.78, 5) is 4.62. The summed E-state index contributed by atoms with van der Waals surface area (Å²) in [7, 11) is 0. The molecule has 1 unspecified atom stereocenters. The van der Waals surface area contributed by atoms with E-state index in [9.17, 15) is 8.78 Å². The lowest BCUT2D eigenvalue weighted by atomic mass is 9.61. The number of aliphatic imine (C=N–C) groups is 1. The maximum absolute atomic E-state index is 14.1. The van der Waals surface area contributed by atoms with E-state index in [0.717, 1.165) is 17.4 Å². The zero-order chi connectivity index (χ0) is 21.4. The molecule has 0 saturated heterocycles. The van der Waals surface area contributed by atoms with Gasteiger partial charge in [-0.3, -0.25) is 4.99 Å². The number of hydrogen-bond acceptors (Lipinski definition) is 2. The van der Waals surface area contributed by atoms with Crippen LogP contribution in [0.15, 0.2) is 47.5 Å². The fraction of sp³-hybridized carbons (Fsp3) is 0.458. The Bertz CT molecular complexity index is 880. The average molecular weight is 397 g/mol. The number of nitrogens with zero attached hydrogens (tertiary/aromatic N) is 1. The molecule has 1 heterocycles. The van der Waals surface area contributed by atoms with Crippen molar-refractivity contribution in [2.24, 2.45) is 10.4 Å². The predicted octanol–water partition coefficient (Wildman–Crippen LogP) is 5.96. The van der Waals surface area contributed by atoms with Gasteiger partial charge >= 0.3 is 6.92 Å². The van der Waals surface area contributed by atoms with Crippen molar-refractivity contribution in [2.45, 2.75) is 65.9 Å². The van der Waals surface area contributed by atoms with E-state index in [2.05, 4.69) is 58.6 Å². The van der Waals surface area contributed by atoms with E-state index >= 15 is 0 Å². The van der Waals surface area contributed by atoms with Gasteiger partial charge in [-0.05, 0) is 55.3 Å². The molecule has 154 valence electrons. The maximum atomic E-state index is 14.1. The second kappa shape index (κ2) is 8.02. The standard InChI is InChI=1S/C24H30BF2NO/c1-23(2,3)24(4,5)29-25(6)17-12-10-16(11-13-17)20-14-15-21(28-20)22-18(26)8-7-9-19(22)27/h7-13,20H,14-15H2,1-6H3. The molecule has 29 heavy (non-hydrogen) atoms. The summed E-state index contributed by atoms with van der Waals surface area (Å²) in [5.41, 5.74) is 2.45. The van der Waals surface area contributed by atoms with Crippen molar-refractivity contribution in [2.75, 3.05) is 0 Å². The molecule has 1 aliphatic heterocycles. The van der Waals surface area contributed by atoms with Crippen LogP contribution in [0.3, 0.4) is 0 Å². The fourth-order valence-corrected chi connectivity index (χ4v) is 3.47. The summed E-state index contributed by atoms with van der Waals surface area (Å²) in [5, 5.41) is 0. The monoisotopic (exact) mass is 397 g/mol. The van der Waals surface area contributed by atoms with Gasteiger partial charge < -0.3 is 4.65 Å². The second-order valence-corrected chi connectivity index (χ2v) is 9.41. The van der Waals surface area contributed by atoms with Crippen LogP contribution < -0.4 is 5.46 Å². The Morgan fingerprint density at radius 2 is 1.55 bits per heavy atom. The van der Waals surface area contributed by atoms with Gasteiger partial charge in [0.25, 0.3) is 0 Å². The van der Waals surface area contributed by atoms with Crippen LogP contribution in [0.5, 0.6) is 0 Å². The fourth-order valence-electron chi connectivity index (χ4n) is 3.47. The summed E-state index contributed by atoms with van der Waals surface area (Å²) in [6.07, 6.45) is 1.33. The Morgan fingerprint density at radius 3 is 2.10 bits per heavy atom. The number of rotatable bonds is 5. The molecule has 0 fully saturated rings. The quantitative estimate of drug-likeness (QED) is 0.571. The first-order valence-corrected chi connectivity index (χ1v) is 10.3. The highest BCUT2D eigenvalue weighted by atomic mass is 19.1. The number of hydrogen-bond donors (Lipinski definition) is 0. The van der Waals surface area contributed by atoms with Gasteiger partial charge in [0.1, 0.15) is 11.6 Å². The summed E-state index contributed by atoms with van der Waals surface area (Å²) < 4.78 is 34.5. The van der Waals surface area contributed by atoms with E-state index in [-0.39, 0.29) is 29.5 Å². The van der Waals surface area contributed by atoms with Gasteiger partial charge in [-0.1, -0.05) is 57.9 Å². The van der Waals surface area contributed by atoms with Crippen LogP contribution in [-0.2, 0) is 4.65 Å². The smallest absolute Gasteiger partial charge is 0.324 e. The first kappa shape index (κ1) is 21.7. The molecule has 0 aromatic heterocycles. The minimum Gasteiger partial charge on any atom is -0.426 e. The Balaban J connectivity index is 1.75. The van der Waals surface area contributed by atoms with Gasteiger partial charge in [-0.15, -0.1) is 0 Å². The molecule has 5 heteroatoms. The van der Waals surface area contributed by atoms with Crippen LogP contribution in [-0.4, -0.2) is 18.2 Å². The lowest BCUT2D eigenvalue weighted by molar-refractivity contribution is 0.000449. The van der Waals surface area contributed by atoms with E-state index in [1.165, 1.54) is 18.2 Å². The Morgan fingerprint density at radius 1 is 0.966 bits per heavy atom. The molecule has 2 aromatic rings. The van der Waals surface area contributed by atoms with Gasteiger partial charge in [-0.25, -0.2) is 8.78 Å². The van der Waals surface area contributed by atoms with Gasteiger partial charge in [0.15, 0.2) is 0 Å². The largest absolute Gasteiger partial charge is 0.426 e. The van der Waals surface area contributed by atoms with Crippen LogP contribution in [0.2, 0.25) is 6.82 Å². The normalized spacial score (nSPS) is 17.4. The third-order valence-electron chi connectivity index (χ3n) is 6.29. The van der Waals surface area contributed by atoms with Crippen molar-refractivity contribution in [1.29, 1.82) is 0 Å². The minimum absolute atomic E-state index is 0.0121. The molecule has 2 aromatic carbocycles. The van der Waals surface area contributed by atoms with Crippen LogP contribution in [0.25, 0.3) is 0 Å². The molecule has 0 saturated carbocycles. The van der Waals surface area contributed by atoms with Crippen molar-refractivity contribution >= 4 is 18.1 Å². The van der Waals surface area contributed by atoms with Crippen molar-refractivity contribution in [3.05, 3.63) is 65.2 Å². The summed E-state index contributed by atoms with van der Waals surface area (Å²) in [5.74, 6) is -1.10. The lowest BCUT2D eigenvalue weighted by Gasteiger charge is -2.40. The molecular formula is C24H30BF2NO. The average Bonchev–Trinajstić information content (AvgIpc) is 3.10. The highest BCUT2D eigenvalue weighted by molar-refractivity contribution is 6.66. The number of benzene rings is 2. The SMILES string of the molecule is CB(OC(C)(C)C(C)(C)C)c1ccc(C2CCC(c3c(F)cccc3F)=N2)cc1. The second-order valence-electron chi connectivity index (χ2n) is 9.41.